The summed E-state index contributed by atoms with van der Waals surface area (Å²) in [6.07, 6.45) is 1.95. The van der Waals surface area contributed by atoms with Gasteiger partial charge in [-0.05, 0) is 18.2 Å². The number of quaternary nitrogens is 1. The molecule has 6 nitrogen and oxygen atoms in total. The number of para-hydroxylation sites is 1. The summed E-state index contributed by atoms with van der Waals surface area (Å²) in [4.78, 5) is 24.2. The van der Waals surface area contributed by atoms with Crippen LogP contribution in [0.2, 0.25) is 0 Å². The minimum atomic E-state index is 0.301. The number of H-pyrrole nitrogens is 1. The van der Waals surface area contributed by atoms with E-state index >= 15 is 0 Å². The molecule has 1 amide bonds. The lowest BCUT2D eigenvalue weighted by molar-refractivity contribution is -0.892. The highest BCUT2D eigenvalue weighted by atomic mass is 16.2. The number of piperazine rings is 2. The molecule has 2 aliphatic heterocycles. The van der Waals surface area contributed by atoms with Gasteiger partial charge in [0, 0.05) is 11.8 Å². The molecular formula is C21H29N5O+2. The SMILES string of the molecule is O=C(C[NH+]1CCN(c2ccccc2)CC1)N1CCN(c2cccc[nH+]2)CC1. The Labute approximate surface area is 161 Å². The molecule has 2 fully saturated rings. The summed E-state index contributed by atoms with van der Waals surface area (Å²) < 4.78 is 0. The van der Waals surface area contributed by atoms with Crippen LogP contribution >= 0.6 is 0 Å². The van der Waals surface area contributed by atoms with E-state index in [4.69, 9.17) is 0 Å². The summed E-state index contributed by atoms with van der Waals surface area (Å²) in [7, 11) is 0. The van der Waals surface area contributed by atoms with E-state index in [-0.39, 0.29) is 0 Å². The molecule has 2 aromatic rings. The first kappa shape index (κ1) is 17.8. The predicted molar refractivity (Wildman–Crippen MR) is 106 cm³/mol. The number of benzene rings is 1. The number of hydrogen-bond acceptors (Lipinski definition) is 3. The number of aromatic amines is 1. The molecule has 0 aliphatic carbocycles. The van der Waals surface area contributed by atoms with E-state index in [1.54, 1.807) is 0 Å². The molecule has 0 spiro atoms. The van der Waals surface area contributed by atoms with Gasteiger partial charge in [-0.1, -0.05) is 24.3 Å². The first-order chi connectivity index (χ1) is 13.3. The normalized spacial score (nSPS) is 18.6. The highest BCUT2D eigenvalue weighted by molar-refractivity contribution is 5.77. The van der Waals surface area contributed by atoms with Crippen molar-refractivity contribution in [2.24, 2.45) is 0 Å². The van der Waals surface area contributed by atoms with Crippen molar-refractivity contribution < 1.29 is 14.7 Å². The van der Waals surface area contributed by atoms with Crippen LogP contribution in [0.5, 0.6) is 0 Å². The number of nitrogens with zero attached hydrogens (tertiary/aromatic N) is 3. The largest absolute Gasteiger partial charge is 0.360 e. The van der Waals surface area contributed by atoms with Crippen molar-refractivity contribution >= 4 is 17.4 Å². The van der Waals surface area contributed by atoms with Crippen LogP contribution in [0, 0.1) is 0 Å². The zero-order valence-electron chi connectivity index (χ0n) is 15.8. The third kappa shape index (κ3) is 4.39. The van der Waals surface area contributed by atoms with Crippen LogP contribution in [-0.4, -0.2) is 69.7 Å². The van der Waals surface area contributed by atoms with E-state index in [0.29, 0.717) is 12.5 Å². The molecule has 0 unspecified atom stereocenters. The molecule has 1 aromatic heterocycles. The van der Waals surface area contributed by atoms with Crippen LogP contribution in [-0.2, 0) is 4.79 Å². The summed E-state index contributed by atoms with van der Waals surface area (Å²) in [5.41, 5.74) is 1.29. The number of carbonyl (C=O) groups is 1. The molecular weight excluding hydrogens is 338 g/mol. The minimum Gasteiger partial charge on any atom is -0.360 e. The Hall–Kier alpha value is -2.60. The van der Waals surface area contributed by atoms with Gasteiger partial charge >= 0.3 is 0 Å². The molecule has 4 rings (SSSR count). The number of pyridine rings is 1. The number of amides is 1. The summed E-state index contributed by atoms with van der Waals surface area (Å²) in [6, 6.07) is 16.7. The monoisotopic (exact) mass is 367 g/mol. The number of hydrogen-bond donors (Lipinski definition) is 1. The van der Waals surface area contributed by atoms with Crippen molar-refractivity contribution in [1.29, 1.82) is 0 Å². The van der Waals surface area contributed by atoms with Crippen molar-refractivity contribution in [2.75, 3.05) is 68.7 Å². The van der Waals surface area contributed by atoms with Gasteiger partial charge in [0.2, 0.25) is 0 Å². The van der Waals surface area contributed by atoms with Gasteiger partial charge in [-0.2, -0.15) is 0 Å². The maximum atomic E-state index is 12.7. The van der Waals surface area contributed by atoms with Crippen molar-refractivity contribution in [3.8, 4) is 0 Å². The van der Waals surface area contributed by atoms with Gasteiger partial charge in [0.05, 0.1) is 45.5 Å². The van der Waals surface area contributed by atoms with E-state index in [1.165, 1.54) is 10.6 Å². The van der Waals surface area contributed by atoms with Crippen molar-refractivity contribution in [2.45, 2.75) is 0 Å². The zero-order valence-corrected chi connectivity index (χ0v) is 15.8. The van der Waals surface area contributed by atoms with Gasteiger partial charge in [-0.3, -0.25) is 9.69 Å². The average Bonchev–Trinajstić information content (AvgIpc) is 2.76. The van der Waals surface area contributed by atoms with Crippen LogP contribution in [0.4, 0.5) is 11.5 Å². The van der Waals surface area contributed by atoms with Gasteiger partial charge in [0.15, 0.2) is 6.54 Å². The smallest absolute Gasteiger partial charge is 0.278 e. The van der Waals surface area contributed by atoms with Gasteiger partial charge in [0.25, 0.3) is 11.7 Å². The van der Waals surface area contributed by atoms with E-state index in [2.05, 4.69) is 51.2 Å². The third-order valence-electron chi connectivity index (χ3n) is 5.66. The second-order valence-corrected chi connectivity index (χ2v) is 7.37. The fourth-order valence-corrected chi connectivity index (χ4v) is 4.00. The number of carbonyl (C=O) groups excluding carboxylic acids is 1. The molecule has 142 valence electrons. The van der Waals surface area contributed by atoms with Gasteiger partial charge in [-0.25, -0.2) is 4.98 Å². The molecule has 0 atom stereocenters. The molecule has 2 aliphatic rings. The summed E-state index contributed by atoms with van der Waals surface area (Å²) in [5.74, 6) is 1.43. The van der Waals surface area contributed by atoms with Crippen LogP contribution in [0.1, 0.15) is 0 Å². The fraction of sp³-hybridized carbons (Fsp3) is 0.429. The Morgan fingerprint density at radius 1 is 0.852 bits per heavy atom. The summed E-state index contributed by atoms with van der Waals surface area (Å²) >= 11 is 0. The van der Waals surface area contributed by atoms with Crippen LogP contribution in [0.25, 0.3) is 0 Å². The second-order valence-electron chi connectivity index (χ2n) is 7.37. The quantitative estimate of drug-likeness (QED) is 0.797. The zero-order chi connectivity index (χ0) is 18.5. The Morgan fingerprint density at radius 3 is 2.22 bits per heavy atom. The summed E-state index contributed by atoms with van der Waals surface area (Å²) in [6.45, 7) is 8.12. The first-order valence-electron chi connectivity index (χ1n) is 9.92. The molecule has 3 heterocycles. The lowest BCUT2D eigenvalue weighted by atomic mass is 10.2. The highest BCUT2D eigenvalue weighted by Gasteiger charge is 2.29. The van der Waals surface area contributed by atoms with Gasteiger partial charge in [-0.15, -0.1) is 0 Å². The van der Waals surface area contributed by atoms with Crippen molar-refractivity contribution in [3.05, 3.63) is 54.7 Å². The number of anilines is 2. The molecule has 2 saturated heterocycles. The van der Waals surface area contributed by atoms with Gasteiger partial charge < -0.3 is 14.7 Å². The molecule has 0 bridgehead atoms. The number of nitrogens with one attached hydrogen (secondary N) is 2. The van der Waals surface area contributed by atoms with Crippen LogP contribution in [0.3, 0.4) is 0 Å². The molecule has 1 aromatic carbocycles. The van der Waals surface area contributed by atoms with E-state index in [1.807, 2.05) is 23.2 Å². The van der Waals surface area contributed by atoms with E-state index in [0.717, 1.165) is 58.2 Å². The van der Waals surface area contributed by atoms with Crippen molar-refractivity contribution in [1.82, 2.24) is 4.90 Å². The third-order valence-corrected chi connectivity index (χ3v) is 5.66. The van der Waals surface area contributed by atoms with E-state index in [9.17, 15) is 4.79 Å². The molecule has 27 heavy (non-hydrogen) atoms. The first-order valence-corrected chi connectivity index (χ1v) is 9.92. The van der Waals surface area contributed by atoms with Crippen LogP contribution < -0.4 is 19.7 Å². The average molecular weight is 367 g/mol. The second kappa shape index (κ2) is 8.39. The summed E-state index contributed by atoms with van der Waals surface area (Å²) in [5, 5.41) is 0. The lowest BCUT2D eigenvalue weighted by Crippen LogP contribution is -3.16. The lowest BCUT2D eigenvalue weighted by Gasteiger charge is -2.35. The molecule has 0 radical (unpaired) electrons. The predicted octanol–water partition coefficient (Wildman–Crippen LogP) is -0.446. The minimum absolute atomic E-state index is 0.301. The van der Waals surface area contributed by atoms with Crippen molar-refractivity contribution in [3.63, 3.8) is 0 Å². The fourth-order valence-electron chi connectivity index (χ4n) is 4.00. The van der Waals surface area contributed by atoms with Crippen LogP contribution in [0.15, 0.2) is 54.7 Å². The molecule has 0 saturated carbocycles. The topological polar surface area (TPSA) is 45.4 Å². The van der Waals surface area contributed by atoms with Gasteiger partial charge in [0.1, 0.15) is 13.1 Å². The highest BCUT2D eigenvalue weighted by Crippen LogP contribution is 2.12. The Balaban J connectivity index is 1.22. The number of aromatic nitrogens is 1. The maximum Gasteiger partial charge on any atom is 0.278 e. The molecule has 2 N–H and O–H groups in total. The van der Waals surface area contributed by atoms with E-state index < -0.39 is 0 Å². The molecule has 6 heteroatoms. The standard InChI is InChI=1S/C21H27N5O/c27-21(26-16-14-25(15-17-26)20-8-4-5-9-22-20)18-23-10-12-24(13-11-23)19-6-2-1-3-7-19/h1-9H,10-18H2/p+2. The number of rotatable bonds is 4. The maximum absolute atomic E-state index is 12.7. The Kier molecular flexibility index (Phi) is 5.53. The Morgan fingerprint density at radius 2 is 1.56 bits per heavy atom. The Bertz CT molecular complexity index is 723.